The molecular weight excluding hydrogens is 402 g/mol. The molecule has 0 bridgehead atoms. The summed E-state index contributed by atoms with van der Waals surface area (Å²) in [6.07, 6.45) is 0.405. The van der Waals surface area contributed by atoms with Crippen molar-refractivity contribution in [2.45, 2.75) is 32.2 Å². The maximum atomic E-state index is 13.1. The van der Waals surface area contributed by atoms with Gasteiger partial charge in [-0.3, -0.25) is 9.48 Å². The lowest BCUT2D eigenvalue weighted by atomic mass is 9.88. The predicted molar refractivity (Wildman–Crippen MR) is 127 cm³/mol. The molecule has 0 aliphatic carbocycles. The van der Waals surface area contributed by atoms with Gasteiger partial charge in [0.1, 0.15) is 6.04 Å². The molecule has 0 fully saturated rings. The summed E-state index contributed by atoms with van der Waals surface area (Å²) in [7, 11) is 0. The van der Waals surface area contributed by atoms with E-state index in [0.717, 1.165) is 22.5 Å². The number of nitrogens with zero attached hydrogens (tertiary/aromatic N) is 2. The number of aryl methyl sites for hydroxylation is 2. The van der Waals surface area contributed by atoms with E-state index < -0.39 is 0 Å². The fraction of sp³-hybridized carbons (Fsp3) is 0.231. The Morgan fingerprint density at radius 2 is 1.61 bits per heavy atom. The van der Waals surface area contributed by atoms with Gasteiger partial charge in [-0.2, -0.15) is 5.10 Å². The minimum Gasteiger partial charge on any atom is -0.354 e. The van der Waals surface area contributed by atoms with Gasteiger partial charge in [0, 0.05) is 29.5 Å². The van der Waals surface area contributed by atoms with Crippen molar-refractivity contribution in [3.05, 3.63) is 112 Å². The van der Waals surface area contributed by atoms with Gasteiger partial charge in [-0.05, 0) is 42.5 Å². The maximum absolute atomic E-state index is 13.1. The van der Waals surface area contributed by atoms with Crippen LogP contribution in [-0.4, -0.2) is 22.2 Å². The Morgan fingerprint density at radius 3 is 2.13 bits per heavy atom. The third-order valence-electron chi connectivity index (χ3n) is 5.50. The van der Waals surface area contributed by atoms with Crippen molar-refractivity contribution in [1.82, 2.24) is 15.1 Å². The van der Waals surface area contributed by atoms with Gasteiger partial charge >= 0.3 is 0 Å². The zero-order valence-electron chi connectivity index (χ0n) is 17.9. The van der Waals surface area contributed by atoms with Crippen LogP contribution in [0.4, 0.5) is 0 Å². The minimum atomic E-state index is -0.00968. The SMILES string of the molecule is Cc1cc(C)n(C(CNC(=O)CC(c2ccccc2)c2ccccc2)c2cccs2)n1. The Morgan fingerprint density at radius 1 is 0.968 bits per heavy atom. The van der Waals surface area contributed by atoms with Crippen LogP contribution < -0.4 is 5.32 Å². The van der Waals surface area contributed by atoms with E-state index in [-0.39, 0.29) is 17.9 Å². The van der Waals surface area contributed by atoms with E-state index in [9.17, 15) is 4.79 Å². The monoisotopic (exact) mass is 429 g/mol. The summed E-state index contributed by atoms with van der Waals surface area (Å²) in [5.74, 6) is 0.0667. The third kappa shape index (κ3) is 5.12. The summed E-state index contributed by atoms with van der Waals surface area (Å²) in [6, 6.07) is 26.7. The molecule has 2 aromatic carbocycles. The molecule has 0 saturated heterocycles. The van der Waals surface area contributed by atoms with Crippen LogP contribution in [0.5, 0.6) is 0 Å². The maximum Gasteiger partial charge on any atom is 0.221 e. The number of thiophene rings is 1. The van der Waals surface area contributed by atoms with E-state index in [0.29, 0.717) is 13.0 Å². The standard InChI is InChI=1S/C26H27N3OS/c1-19-16-20(2)29(28-19)24(25-14-9-15-31-25)18-27-26(30)17-23(21-10-5-3-6-11-21)22-12-7-4-8-13-22/h3-16,23-24H,17-18H2,1-2H3,(H,27,30). The first kappa shape index (κ1) is 21.1. The molecule has 4 nitrogen and oxygen atoms in total. The Kier molecular flexibility index (Phi) is 6.63. The molecule has 4 rings (SSSR count). The first-order valence-corrected chi connectivity index (χ1v) is 11.4. The molecule has 2 aromatic heterocycles. The lowest BCUT2D eigenvalue weighted by Gasteiger charge is -2.21. The van der Waals surface area contributed by atoms with Crippen molar-refractivity contribution in [3.8, 4) is 0 Å². The fourth-order valence-electron chi connectivity index (χ4n) is 4.02. The zero-order valence-corrected chi connectivity index (χ0v) is 18.7. The lowest BCUT2D eigenvalue weighted by Crippen LogP contribution is -2.32. The molecule has 1 amide bonds. The highest BCUT2D eigenvalue weighted by atomic mass is 32.1. The van der Waals surface area contributed by atoms with Crippen molar-refractivity contribution >= 4 is 17.2 Å². The third-order valence-corrected chi connectivity index (χ3v) is 6.47. The van der Waals surface area contributed by atoms with E-state index >= 15 is 0 Å². The molecule has 0 spiro atoms. The van der Waals surface area contributed by atoms with Crippen molar-refractivity contribution in [3.63, 3.8) is 0 Å². The van der Waals surface area contributed by atoms with Gasteiger partial charge in [0.2, 0.25) is 5.91 Å². The smallest absolute Gasteiger partial charge is 0.221 e. The second-order valence-corrected chi connectivity index (χ2v) is 8.76. The normalized spacial score (nSPS) is 12.1. The first-order valence-electron chi connectivity index (χ1n) is 10.5. The molecule has 0 aliphatic rings. The molecule has 1 atom stereocenters. The second-order valence-electron chi connectivity index (χ2n) is 7.79. The van der Waals surface area contributed by atoms with Crippen molar-refractivity contribution in [2.75, 3.05) is 6.54 Å². The van der Waals surface area contributed by atoms with Crippen molar-refractivity contribution in [1.29, 1.82) is 0 Å². The van der Waals surface area contributed by atoms with Crippen LogP contribution in [0.25, 0.3) is 0 Å². The zero-order chi connectivity index (χ0) is 21.6. The van der Waals surface area contributed by atoms with E-state index in [1.165, 1.54) is 4.88 Å². The van der Waals surface area contributed by atoms with Gasteiger partial charge in [-0.25, -0.2) is 0 Å². The van der Waals surface area contributed by atoms with Gasteiger partial charge in [-0.15, -0.1) is 11.3 Å². The van der Waals surface area contributed by atoms with Crippen LogP contribution >= 0.6 is 11.3 Å². The second kappa shape index (κ2) is 9.75. The molecule has 0 radical (unpaired) electrons. The lowest BCUT2D eigenvalue weighted by molar-refractivity contribution is -0.121. The average Bonchev–Trinajstić information content (AvgIpc) is 3.43. The highest BCUT2D eigenvalue weighted by Crippen LogP contribution is 2.28. The van der Waals surface area contributed by atoms with E-state index in [1.807, 2.05) is 54.1 Å². The van der Waals surface area contributed by atoms with Gasteiger partial charge in [-0.1, -0.05) is 66.7 Å². The van der Waals surface area contributed by atoms with Gasteiger partial charge < -0.3 is 5.32 Å². The van der Waals surface area contributed by atoms with E-state index in [2.05, 4.69) is 59.1 Å². The van der Waals surface area contributed by atoms with Gasteiger partial charge in [0.15, 0.2) is 0 Å². The number of carbonyl (C=O) groups is 1. The van der Waals surface area contributed by atoms with Crippen molar-refractivity contribution in [2.24, 2.45) is 0 Å². The predicted octanol–water partition coefficient (Wildman–Crippen LogP) is 5.49. The molecule has 5 heteroatoms. The Labute approximate surface area is 187 Å². The molecule has 4 aromatic rings. The Hall–Kier alpha value is -3.18. The highest BCUT2D eigenvalue weighted by Gasteiger charge is 2.22. The topological polar surface area (TPSA) is 46.9 Å². The number of benzene rings is 2. The van der Waals surface area contributed by atoms with Crippen LogP contribution in [0.3, 0.4) is 0 Å². The molecule has 2 heterocycles. The molecule has 0 saturated carbocycles. The summed E-state index contributed by atoms with van der Waals surface area (Å²) >= 11 is 1.69. The van der Waals surface area contributed by atoms with Gasteiger partial charge in [0.25, 0.3) is 0 Å². The molecular formula is C26H27N3OS. The van der Waals surface area contributed by atoms with Crippen LogP contribution in [0.1, 0.15) is 45.8 Å². The van der Waals surface area contributed by atoms with Crippen LogP contribution in [0, 0.1) is 13.8 Å². The summed E-state index contributed by atoms with van der Waals surface area (Å²) in [5, 5.41) is 9.92. The number of carbonyl (C=O) groups excluding carboxylic acids is 1. The number of hydrogen-bond donors (Lipinski definition) is 1. The molecule has 0 aliphatic heterocycles. The summed E-state index contributed by atoms with van der Waals surface area (Å²) in [6.45, 7) is 4.57. The number of aromatic nitrogens is 2. The molecule has 1 N–H and O–H groups in total. The summed E-state index contributed by atoms with van der Waals surface area (Å²) < 4.78 is 2.02. The number of rotatable bonds is 8. The highest BCUT2D eigenvalue weighted by molar-refractivity contribution is 7.10. The summed E-state index contributed by atoms with van der Waals surface area (Å²) in [4.78, 5) is 14.2. The number of nitrogens with one attached hydrogen (secondary N) is 1. The molecule has 1 unspecified atom stereocenters. The number of amides is 1. The van der Waals surface area contributed by atoms with E-state index in [1.54, 1.807) is 11.3 Å². The van der Waals surface area contributed by atoms with Gasteiger partial charge in [0.05, 0.1) is 5.69 Å². The molecule has 31 heavy (non-hydrogen) atoms. The molecule has 158 valence electrons. The van der Waals surface area contributed by atoms with Crippen LogP contribution in [0.2, 0.25) is 0 Å². The fourth-order valence-corrected chi connectivity index (χ4v) is 4.83. The van der Waals surface area contributed by atoms with Crippen molar-refractivity contribution < 1.29 is 4.79 Å². The quantitative estimate of drug-likeness (QED) is 0.403. The Balaban J connectivity index is 1.51. The first-order chi connectivity index (χ1) is 15.1. The van der Waals surface area contributed by atoms with Crippen LogP contribution in [-0.2, 0) is 4.79 Å². The Bertz CT molecular complexity index is 1060. The van der Waals surface area contributed by atoms with E-state index in [4.69, 9.17) is 0 Å². The number of hydrogen-bond acceptors (Lipinski definition) is 3. The van der Waals surface area contributed by atoms with Crippen LogP contribution in [0.15, 0.2) is 84.2 Å². The summed E-state index contributed by atoms with van der Waals surface area (Å²) in [5.41, 5.74) is 4.38. The largest absolute Gasteiger partial charge is 0.354 e. The minimum absolute atomic E-state index is 0.00968. The average molecular weight is 430 g/mol.